The van der Waals surface area contributed by atoms with Gasteiger partial charge in [-0.15, -0.1) is 0 Å². The Morgan fingerprint density at radius 2 is 2.27 bits per heavy atom. The minimum Gasteiger partial charge on any atom is -0.364 e. The van der Waals surface area contributed by atoms with Crippen LogP contribution in [0.4, 0.5) is 0 Å². The zero-order valence-electron chi connectivity index (χ0n) is 6.46. The third-order valence-corrected chi connectivity index (χ3v) is 0.774. The van der Waals surface area contributed by atoms with E-state index in [1.54, 1.807) is 6.07 Å². The minimum atomic E-state index is -0.819. The van der Waals surface area contributed by atoms with E-state index in [-0.39, 0.29) is 11.8 Å². The summed E-state index contributed by atoms with van der Waals surface area (Å²) in [6.45, 7) is 3.67. The molecule has 0 bridgehead atoms. The predicted octanol–water partition coefficient (Wildman–Crippen LogP) is -0.651. The van der Waals surface area contributed by atoms with Gasteiger partial charge in [0.1, 0.15) is 6.07 Å². The molecule has 0 aliphatic heterocycles. The SMILES string of the molecule is CC(C)NN=C(C#N)C(N)=O. The molecule has 3 N–H and O–H groups in total. The van der Waals surface area contributed by atoms with Gasteiger partial charge in [-0.25, -0.2) is 0 Å². The largest absolute Gasteiger partial charge is 0.364 e. The molecule has 0 aliphatic rings. The van der Waals surface area contributed by atoms with Gasteiger partial charge in [-0.3, -0.25) is 4.79 Å². The monoisotopic (exact) mass is 154 g/mol. The molecule has 0 aromatic heterocycles. The van der Waals surface area contributed by atoms with Crippen molar-refractivity contribution < 1.29 is 4.79 Å². The molecule has 0 unspecified atom stereocenters. The summed E-state index contributed by atoms with van der Waals surface area (Å²) in [7, 11) is 0. The number of nitrogens with zero attached hydrogens (tertiary/aromatic N) is 2. The van der Waals surface area contributed by atoms with Crippen molar-refractivity contribution in [3.8, 4) is 6.07 Å². The molecule has 11 heavy (non-hydrogen) atoms. The molecule has 0 fully saturated rings. The van der Waals surface area contributed by atoms with Crippen molar-refractivity contribution >= 4 is 11.6 Å². The first-order valence-corrected chi connectivity index (χ1v) is 3.11. The highest BCUT2D eigenvalue weighted by Gasteiger charge is 2.04. The zero-order chi connectivity index (χ0) is 8.85. The van der Waals surface area contributed by atoms with E-state index >= 15 is 0 Å². The van der Waals surface area contributed by atoms with Gasteiger partial charge in [0.2, 0.25) is 5.71 Å². The van der Waals surface area contributed by atoms with Crippen LogP contribution in [0.1, 0.15) is 13.8 Å². The number of nitriles is 1. The van der Waals surface area contributed by atoms with Gasteiger partial charge >= 0.3 is 0 Å². The number of carbonyl (C=O) groups excluding carboxylic acids is 1. The lowest BCUT2D eigenvalue weighted by Crippen LogP contribution is -2.26. The second-order valence-electron chi connectivity index (χ2n) is 2.22. The number of hydrogen-bond donors (Lipinski definition) is 2. The Bertz CT molecular complexity index is 213. The number of nitrogens with two attached hydrogens (primary N) is 1. The number of rotatable bonds is 3. The number of hydrogen-bond acceptors (Lipinski definition) is 4. The van der Waals surface area contributed by atoms with Crippen LogP contribution >= 0.6 is 0 Å². The third kappa shape index (κ3) is 3.92. The average molecular weight is 154 g/mol. The van der Waals surface area contributed by atoms with Crippen LogP contribution in [0.15, 0.2) is 5.10 Å². The highest BCUT2D eigenvalue weighted by Crippen LogP contribution is 1.77. The predicted molar refractivity (Wildman–Crippen MR) is 40.5 cm³/mol. The molecule has 0 saturated carbocycles. The van der Waals surface area contributed by atoms with Crippen molar-refractivity contribution in [2.45, 2.75) is 19.9 Å². The summed E-state index contributed by atoms with van der Waals surface area (Å²) in [4.78, 5) is 10.4. The number of amides is 1. The van der Waals surface area contributed by atoms with Crippen LogP contribution in [-0.4, -0.2) is 17.7 Å². The Hall–Kier alpha value is -1.57. The van der Waals surface area contributed by atoms with Crippen LogP contribution in [0.3, 0.4) is 0 Å². The Morgan fingerprint density at radius 3 is 2.55 bits per heavy atom. The minimum absolute atomic E-state index is 0.0812. The van der Waals surface area contributed by atoms with E-state index in [9.17, 15) is 4.79 Å². The maximum Gasteiger partial charge on any atom is 0.280 e. The number of nitrogens with one attached hydrogen (secondary N) is 1. The molecule has 1 amide bonds. The lowest BCUT2D eigenvalue weighted by molar-refractivity contribution is -0.111. The fourth-order valence-corrected chi connectivity index (χ4v) is 0.329. The summed E-state index contributed by atoms with van der Waals surface area (Å²) in [5.41, 5.74) is 7.04. The lowest BCUT2D eigenvalue weighted by Gasteiger charge is -2.01. The summed E-state index contributed by atoms with van der Waals surface area (Å²) >= 11 is 0. The topological polar surface area (TPSA) is 91.3 Å². The molecule has 0 heterocycles. The Balaban J connectivity index is 4.17. The molecule has 0 aromatic rings. The molecule has 0 atom stereocenters. The summed E-state index contributed by atoms with van der Waals surface area (Å²) in [5, 5.41) is 11.8. The van der Waals surface area contributed by atoms with Crippen LogP contribution in [0.25, 0.3) is 0 Å². The average Bonchev–Trinajstić information content (AvgIpc) is 1.87. The smallest absolute Gasteiger partial charge is 0.280 e. The number of carbonyl (C=O) groups is 1. The summed E-state index contributed by atoms with van der Waals surface area (Å²) in [6, 6.07) is 1.65. The summed E-state index contributed by atoms with van der Waals surface area (Å²) < 4.78 is 0. The van der Waals surface area contributed by atoms with Gasteiger partial charge in [-0.05, 0) is 13.8 Å². The lowest BCUT2D eigenvalue weighted by atomic mass is 10.4. The van der Waals surface area contributed by atoms with Gasteiger partial charge in [-0.1, -0.05) is 0 Å². The number of hydrazone groups is 1. The highest BCUT2D eigenvalue weighted by atomic mass is 16.1. The first-order chi connectivity index (χ1) is 5.07. The van der Waals surface area contributed by atoms with Gasteiger partial charge in [0, 0.05) is 6.04 Å². The van der Waals surface area contributed by atoms with Crippen LogP contribution in [0.5, 0.6) is 0 Å². The first-order valence-electron chi connectivity index (χ1n) is 3.11. The summed E-state index contributed by atoms with van der Waals surface area (Å²) in [6.07, 6.45) is 0. The molecule has 60 valence electrons. The van der Waals surface area contributed by atoms with Crippen LogP contribution in [0, 0.1) is 11.3 Å². The van der Waals surface area contributed by atoms with Crippen molar-refractivity contribution in [2.24, 2.45) is 10.8 Å². The third-order valence-electron chi connectivity index (χ3n) is 0.774. The number of primary amides is 1. The standard InChI is InChI=1S/C6H10N4O/c1-4(2)9-10-5(3-7)6(8)11/h4,9H,1-2H3,(H2,8,11). The maximum atomic E-state index is 10.4. The molecule has 5 nitrogen and oxygen atoms in total. The molecule has 0 aromatic carbocycles. The van der Waals surface area contributed by atoms with Gasteiger partial charge in [0.25, 0.3) is 5.91 Å². The van der Waals surface area contributed by atoms with Crippen molar-refractivity contribution in [1.82, 2.24) is 5.43 Å². The second kappa shape index (κ2) is 4.28. The maximum absolute atomic E-state index is 10.4. The van der Waals surface area contributed by atoms with E-state index < -0.39 is 5.91 Å². The molecule has 0 radical (unpaired) electrons. The van der Waals surface area contributed by atoms with E-state index in [1.165, 1.54) is 0 Å². The van der Waals surface area contributed by atoms with E-state index in [0.717, 1.165) is 0 Å². The quantitative estimate of drug-likeness (QED) is 0.418. The van der Waals surface area contributed by atoms with E-state index in [1.807, 2.05) is 13.8 Å². The van der Waals surface area contributed by atoms with Gasteiger partial charge in [-0.2, -0.15) is 10.4 Å². The summed E-state index contributed by atoms with van der Waals surface area (Å²) in [5.74, 6) is -0.819. The van der Waals surface area contributed by atoms with E-state index in [4.69, 9.17) is 11.0 Å². The second-order valence-corrected chi connectivity index (χ2v) is 2.22. The van der Waals surface area contributed by atoms with Crippen LogP contribution < -0.4 is 11.2 Å². The molecular formula is C6H10N4O. The zero-order valence-corrected chi connectivity index (χ0v) is 6.46. The first kappa shape index (κ1) is 9.43. The van der Waals surface area contributed by atoms with Crippen molar-refractivity contribution in [3.63, 3.8) is 0 Å². The van der Waals surface area contributed by atoms with Gasteiger partial charge in [0.15, 0.2) is 0 Å². The van der Waals surface area contributed by atoms with Crippen molar-refractivity contribution in [3.05, 3.63) is 0 Å². The molecular weight excluding hydrogens is 144 g/mol. The van der Waals surface area contributed by atoms with Crippen molar-refractivity contribution in [1.29, 1.82) is 5.26 Å². The molecule has 0 rings (SSSR count). The molecule has 5 heteroatoms. The highest BCUT2D eigenvalue weighted by molar-refractivity contribution is 6.44. The van der Waals surface area contributed by atoms with Crippen LogP contribution in [-0.2, 0) is 4.79 Å². The molecule has 0 saturated heterocycles. The molecule has 0 spiro atoms. The fraction of sp³-hybridized carbons (Fsp3) is 0.500. The van der Waals surface area contributed by atoms with Gasteiger partial charge in [0.05, 0.1) is 0 Å². The van der Waals surface area contributed by atoms with Crippen molar-refractivity contribution in [2.75, 3.05) is 0 Å². The molecule has 0 aliphatic carbocycles. The van der Waals surface area contributed by atoms with Gasteiger partial charge < -0.3 is 11.2 Å². The normalized spacial score (nSPS) is 10.9. The Morgan fingerprint density at radius 1 is 1.73 bits per heavy atom. The van der Waals surface area contributed by atoms with E-state index in [0.29, 0.717) is 0 Å². The Labute approximate surface area is 64.9 Å². The van der Waals surface area contributed by atoms with Crippen LogP contribution in [0.2, 0.25) is 0 Å². The Kier molecular flexibility index (Phi) is 3.67. The fourth-order valence-electron chi connectivity index (χ4n) is 0.329. The van der Waals surface area contributed by atoms with E-state index in [2.05, 4.69) is 10.5 Å².